The molecule has 7 heteroatoms. The molecule has 2 N–H and O–H groups in total. The first-order valence-electron chi connectivity index (χ1n) is 5.47. The van der Waals surface area contributed by atoms with Crippen LogP contribution in [0, 0.1) is 0 Å². The van der Waals surface area contributed by atoms with E-state index >= 15 is 0 Å². The molecule has 1 aliphatic heterocycles. The number of carbonyl (C=O) groups excluding carboxylic acids is 1. The number of amides is 1. The van der Waals surface area contributed by atoms with E-state index in [0.717, 1.165) is 0 Å². The summed E-state index contributed by atoms with van der Waals surface area (Å²) in [6.45, 7) is 3.15. The molecular weight excluding hydrogens is 256 g/mol. The van der Waals surface area contributed by atoms with Crippen molar-refractivity contribution in [3.8, 4) is 5.75 Å². The highest BCUT2D eigenvalue weighted by molar-refractivity contribution is 7.93. The maximum Gasteiger partial charge on any atom is 0.262 e. The van der Waals surface area contributed by atoms with Crippen LogP contribution < -0.4 is 14.8 Å². The summed E-state index contributed by atoms with van der Waals surface area (Å²) in [5.74, 6) is 0.272. The number of fused-ring (bicyclic) bond motifs is 1. The molecule has 2 rings (SSSR count). The Bertz CT molecular complexity index is 581. The van der Waals surface area contributed by atoms with Crippen LogP contribution >= 0.6 is 0 Å². The van der Waals surface area contributed by atoms with E-state index in [1.54, 1.807) is 26.0 Å². The van der Waals surface area contributed by atoms with Gasteiger partial charge in [0.05, 0.1) is 16.6 Å². The van der Waals surface area contributed by atoms with Crippen molar-refractivity contribution < 1.29 is 17.9 Å². The number of hydrogen-bond acceptors (Lipinski definition) is 4. The molecule has 1 aromatic carbocycles. The Morgan fingerprint density at radius 3 is 2.78 bits per heavy atom. The Labute approximate surface area is 105 Å². The number of nitrogens with one attached hydrogen (secondary N) is 2. The first-order valence-corrected chi connectivity index (χ1v) is 7.01. The third-order valence-electron chi connectivity index (χ3n) is 2.49. The Hall–Kier alpha value is -1.76. The zero-order valence-corrected chi connectivity index (χ0v) is 10.9. The van der Waals surface area contributed by atoms with Gasteiger partial charge in [-0.25, -0.2) is 8.42 Å². The monoisotopic (exact) mass is 270 g/mol. The van der Waals surface area contributed by atoms with Gasteiger partial charge in [0, 0.05) is 0 Å². The highest BCUT2D eigenvalue weighted by atomic mass is 32.2. The van der Waals surface area contributed by atoms with Gasteiger partial charge in [0.1, 0.15) is 5.75 Å². The van der Waals surface area contributed by atoms with E-state index in [-0.39, 0.29) is 12.5 Å². The zero-order chi connectivity index (χ0) is 13.3. The van der Waals surface area contributed by atoms with E-state index in [1.165, 1.54) is 6.07 Å². The second kappa shape index (κ2) is 4.49. The van der Waals surface area contributed by atoms with Crippen LogP contribution in [0.4, 0.5) is 11.4 Å². The summed E-state index contributed by atoms with van der Waals surface area (Å²) in [6, 6.07) is 4.75. The summed E-state index contributed by atoms with van der Waals surface area (Å²) >= 11 is 0. The quantitative estimate of drug-likeness (QED) is 0.863. The molecule has 0 bridgehead atoms. The van der Waals surface area contributed by atoms with Gasteiger partial charge < -0.3 is 10.1 Å². The van der Waals surface area contributed by atoms with Crippen LogP contribution in [0.15, 0.2) is 18.2 Å². The molecule has 98 valence electrons. The predicted octanol–water partition coefficient (Wildman–Crippen LogP) is 1.17. The maximum absolute atomic E-state index is 11.7. The first kappa shape index (κ1) is 12.7. The fraction of sp³-hybridized carbons (Fsp3) is 0.364. The van der Waals surface area contributed by atoms with Crippen molar-refractivity contribution in [1.82, 2.24) is 0 Å². The van der Waals surface area contributed by atoms with Crippen molar-refractivity contribution in [2.75, 3.05) is 16.6 Å². The number of sulfonamides is 1. The number of hydrogen-bond donors (Lipinski definition) is 2. The molecule has 0 spiro atoms. The SMILES string of the molecule is CC(C)S(=O)(=O)Nc1ccc2c(c1)NC(=O)CO2. The number of ether oxygens (including phenoxy) is 1. The lowest BCUT2D eigenvalue weighted by molar-refractivity contribution is -0.118. The summed E-state index contributed by atoms with van der Waals surface area (Å²) in [4.78, 5) is 11.2. The molecule has 0 unspecified atom stereocenters. The van der Waals surface area contributed by atoms with Crippen LogP contribution in [0.3, 0.4) is 0 Å². The lowest BCUT2D eigenvalue weighted by atomic mass is 10.2. The number of rotatable bonds is 3. The highest BCUT2D eigenvalue weighted by Gasteiger charge is 2.19. The van der Waals surface area contributed by atoms with Gasteiger partial charge in [0.15, 0.2) is 6.61 Å². The molecule has 0 aliphatic carbocycles. The van der Waals surface area contributed by atoms with Gasteiger partial charge in [-0.2, -0.15) is 0 Å². The van der Waals surface area contributed by atoms with Crippen molar-refractivity contribution in [2.24, 2.45) is 0 Å². The molecular formula is C11H14N2O4S. The average Bonchev–Trinajstić information content (AvgIpc) is 2.27. The van der Waals surface area contributed by atoms with Gasteiger partial charge in [0.25, 0.3) is 5.91 Å². The van der Waals surface area contributed by atoms with Gasteiger partial charge in [-0.1, -0.05) is 0 Å². The zero-order valence-electron chi connectivity index (χ0n) is 10.1. The molecule has 0 fully saturated rings. The standard InChI is InChI=1S/C11H14N2O4S/c1-7(2)18(15,16)13-8-3-4-10-9(5-8)12-11(14)6-17-10/h3-5,7,13H,6H2,1-2H3,(H,12,14). The Morgan fingerprint density at radius 1 is 1.39 bits per heavy atom. The van der Waals surface area contributed by atoms with Crippen LogP contribution in [0.1, 0.15) is 13.8 Å². The summed E-state index contributed by atoms with van der Waals surface area (Å²) in [6.07, 6.45) is 0. The van der Waals surface area contributed by atoms with E-state index in [1.807, 2.05) is 0 Å². The summed E-state index contributed by atoms with van der Waals surface area (Å²) in [7, 11) is -3.39. The Morgan fingerprint density at radius 2 is 2.11 bits per heavy atom. The maximum atomic E-state index is 11.7. The van der Waals surface area contributed by atoms with Crippen molar-refractivity contribution in [3.05, 3.63) is 18.2 Å². The molecule has 6 nitrogen and oxygen atoms in total. The van der Waals surface area contributed by atoms with E-state index in [0.29, 0.717) is 17.1 Å². The minimum atomic E-state index is -3.39. The molecule has 18 heavy (non-hydrogen) atoms. The summed E-state index contributed by atoms with van der Waals surface area (Å²) in [5.41, 5.74) is 0.864. The van der Waals surface area contributed by atoms with Gasteiger partial charge in [-0.15, -0.1) is 0 Å². The summed E-state index contributed by atoms with van der Waals surface area (Å²) in [5, 5.41) is 2.09. The second-order valence-corrected chi connectivity index (χ2v) is 6.48. The van der Waals surface area contributed by atoms with Crippen LogP contribution in [0.5, 0.6) is 5.75 Å². The largest absolute Gasteiger partial charge is 0.482 e. The topological polar surface area (TPSA) is 84.5 Å². The number of anilines is 2. The fourth-order valence-corrected chi connectivity index (χ4v) is 2.12. The molecule has 0 aromatic heterocycles. The molecule has 0 radical (unpaired) electrons. The highest BCUT2D eigenvalue weighted by Crippen LogP contribution is 2.30. The van der Waals surface area contributed by atoms with E-state index in [9.17, 15) is 13.2 Å². The van der Waals surface area contributed by atoms with Gasteiger partial charge >= 0.3 is 0 Å². The number of carbonyl (C=O) groups is 1. The van der Waals surface area contributed by atoms with Crippen LogP contribution in [-0.2, 0) is 14.8 Å². The second-order valence-electron chi connectivity index (χ2n) is 4.24. The van der Waals surface area contributed by atoms with Crippen LogP contribution in [0.2, 0.25) is 0 Å². The fourth-order valence-electron chi connectivity index (χ4n) is 1.43. The minimum absolute atomic E-state index is 0.0237. The normalized spacial score (nSPS) is 14.7. The van der Waals surface area contributed by atoms with Crippen molar-refractivity contribution in [3.63, 3.8) is 0 Å². The van der Waals surface area contributed by atoms with Gasteiger partial charge in [0.2, 0.25) is 10.0 Å². The Kier molecular flexibility index (Phi) is 3.16. The van der Waals surface area contributed by atoms with Crippen molar-refractivity contribution in [2.45, 2.75) is 19.1 Å². The average molecular weight is 270 g/mol. The molecule has 0 atom stereocenters. The smallest absolute Gasteiger partial charge is 0.262 e. The molecule has 1 aliphatic rings. The molecule has 0 saturated carbocycles. The van der Waals surface area contributed by atoms with E-state index in [4.69, 9.17) is 4.74 Å². The van der Waals surface area contributed by atoms with Crippen molar-refractivity contribution in [1.29, 1.82) is 0 Å². The third kappa shape index (κ3) is 2.56. The van der Waals surface area contributed by atoms with Crippen LogP contribution in [0.25, 0.3) is 0 Å². The molecule has 1 aromatic rings. The Balaban J connectivity index is 2.27. The number of benzene rings is 1. The minimum Gasteiger partial charge on any atom is -0.482 e. The van der Waals surface area contributed by atoms with Crippen LogP contribution in [-0.4, -0.2) is 26.2 Å². The van der Waals surface area contributed by atoms with Gasteiger partial charge in [-0.05, 0) is 32.0 Å². The first-order chi connectivity index (χ1) is 8.38. The lowest BCUT2D eigenvalue weighted by Crippen LogP contribution is -2.26. The van der Waals surface area contributed by atoms with E-state index < -0.39 is 15.3 Å². The van der Waals surface area contributed by atoms with E-state index in [2.05, 4.69) is 10.0 Å². The van der Waals surface area contributed by atoms with Gasteiger partial charge in [-0.3, -0.25) is 9.52 Å². The molecule has 1 amide bonds. The third-order valence-corrected chi connectivity index (χ3v) is 4.25. The lowest BCUT2D eigenvalue weighted by Gasteiger charge is -2.19. The summed E-state index contributed by atoms with van der Waals surface area (Å²) < 4.78 is 31.0. The molecule has 0 saturated heterocycles. The predicted molar refractivity (Wildman–Crippen MR) is 68.2 cm³/mol. The van der Waals surface area contributed by atoms with Crippen molar-refractivity contribution >= 4 is 27.3 Å². The molecule has 1 heterocycles.